The molecule has 0 bridgehead atoms. The molecule has 0 radical (unpaired) electrons. The molecule has 1 N–H and O–H groups in total. The molecule has 0 amide bonds. The first-order chi connectivity index (χ1) is 14.1. The molecular weight excluding hydrogens is 382 g/mol. The van der Waals surface area contributed by atoms with Gasteiger partial charge in [-0.25, -0.2) is 0 Å². The van der Waals surface area contributed by atoms with Crippen LogP contribution in [0.25, 0.3) is 0 Å². The Morgan fingerprint density at radius 1 is 0.862 bits per heavy atom. The summed E-state index contributed by atoms with van der Waals surface area (Å²) in [5.74, 6) is 1.44. The van der Waals surface area contributed by atoms with Gasteiger partial charge in [-0.2, -0.15) is 0 Å². The smallest absolute Gasteiger partial charge is 0.163 e. The fourth-order valence-electron chi connectivity index (χ4n) is 3.19. The summed E-state index contributed by atoms with van der Waals surface area (Å²) >= 11 is 6.53. The molecule has 2 aromatic rings. The minimum atomic E-state index is 0.492. The van der Waals surface area contributed by atoms with Crippen LogP contribution in [-0.4, -0.2) is 13.2 Å². The van der Waals surface area contributed by atoms with Crippen molar-refractivity contribution in [3.8, 4) is 11.5 Å². The monoisotopic (exact) mass is 417 g/mol. The molecular formula is C25H36ClNO2. The molecule has 0 aliphatic heterocycles. The second kappa shape index (κ2) is 13.5. The molecule has 0 aromatic heterocycles. The summed E-state index contributed by atoms with van der Waals surface area (Å²) in [6.45, 7) is 9.15. The minimum Gasteiger partial charge on any atom is -0.490 e. The minimum absolute atomic E-state index is 0.492. The lowest BCUT2D eigenvalue weighted by atomic mass is 10.1. The Kier molecular flexibility index (Phi) is 11.0. The second-order valence-electron chi connectivity index (χ2n) is 7.54. The molecule has 0 heterocycles. The van der Waals surface area contributed by atoms with Gasteiger partial charge in [0.25, 0.3) is 0 Å². The maximum absolute atomic E-state index is 6.53. The van der Waals surface area contributed by atoms with Gasteiger partial charge in [-0.1, -0.05) is 80.5 Å². The van der Waals surface area contributed by atoms with E-state index in [0.717, 1.165) is 30.0 Å². The van der Waals surface area contributed by atoms with Crippen LogP contribution in [0.5, 0.6) is 11.5 Å². The number of ether oxygens (including phenoxy) is 2. The molecule has 0 fully saturated rings. The van der Waals surface area contributed by atoms with Crippen molar-refractivity contribution in [3.63, 3.8) is 0 Å². The molecule has 3 nitrogen and oxygen atoms in total. The highest BCUT2D eigenvalue weighted by atomic mass is 35.5. The van der Waals surface area contributed by atoms with E-state index in [1.807, 2.05) is 19.1 Å². The summed E-state index contributed by atoms with van der Waals surface area (Å²) in [6, 6.07) is 12.2. The third-order valence-electron chi connectivity index (χ3n) is 4.95. The van der Waals surface area contributed by atoms with Crippen molar-refractivity contribution in [3.05, 3.63) is 58.1 Å². The van der Waals surface area contributed by atoms with E-state index >= 15 is 0 Å². The van der Waals surface area contributed by atoms with Crippen molar-refractivity contribution < 1.29 is 9.47 Å². The highest BCUT2D eigenvalue weighted by Crippen LogP contribution is 2.34. The van der Waals surface area contributed by atoms with Crippen molar-refractivity contribution >= 4 is 11.6 Å². The second-order valence-corrected chi connectivity index (χ2v) is 7.95. The molecule has 0 spiro atoms. The summed E-state index contributed by atoms with van der Waals surface area (Å²) < 4.78 is 11.8. The Hall–Kier alpha value is -1.71. The Balaban J connectivity index is 1.88. The maximum Gasteiger partial charge on any atom is 0.163 e. The van der Waals surface area contributed by atoms with Gasteiger partial charge in [-0.3, -0.25) is 0 Å². The first kappa shape index (κ1) is 23.6. The summed E-state index contributed by atoms with van der Waals surface area (Å²) in [4.78, 5) is 0. The predicted molar refractivity (Wildman–Crippen MR) is 123 cm³/mol. The Bertz CT molecular complexity index is 716. The fraction of sp³-hybridized carbons (Fsp3) is 0.520. The zero-order valence-corrected chi connectivity index (χ0v) is 19.0. The normalized spacial score (nSPS) is 10.9. The van der Waals surface area contributed by atoms with E-state index < -0.39 is 0 Å². The summed E-state index contributed by atoms with van der Waals surface area (Å²) in [5.41, 5.74) is 3.41. The molecule has 160 valence electrons. The molecule has 0 unspecified atom stereocenters. The molecule has 0 saturated carbocycles. The summed E-state index contributed by atoms with van der Waals surface area (Å²) in [7, 11) is 0. The number of nitrogens with one attached hydrogen (secondary N) is 1. The van der Waals surface area contributed by atoms with E-state index in [1.54, 1.807) is 0 Å². The van der Waals surface area contributed by atoms with Gasteiger partial charge in [0, 0.05) is 17.6 Å². The van der Waals surface area contributed by atoms with Crippen molar-refractivity contribution in [1.82, 2.24) is 5.32 Å². The number of rotatable bonds is 14. The first-order valence-corrected chi connectivity index (χ1v) is 11.4. The molecule has 4 heteroatoms. The molecule has 29 heavy (non-hydrogen) atoms. The third-order valence-corrected chi connectivity index (χ3v) is 5.30. The molecule has 0 saturated heterocycles. The van der Waals surface area contributed by atoms with Crippen molar-refractivity contribution in [2.45, 2.75) is 72.4 Å². The number of hydrogen-bond acceptors (Lipinski definition) is 3. The lowest BCUT2D eigenvalue weighted by molar-refractivity contribution is 0.269. The lowest BCUT2D eigenvalue weighted by Gasteiger charge is -2.15. The number of aryl methyl sites for hydroxylation is 1. The SMILES string of the molecule is CCCCCCCCNCc1cc(OCC)c(OCc2ccc(C)cc2)cc1Cl. The van der Waals surface area contributed by atoms with Crippen molar-refractivity contribution in [1.29, 1.82) is 0 Å². The Morgan fingerprint density at radius 2 is 1.55 bits per heavy atom. The van der Waals surface area contributed by atoms with E-state index in [2.05, 4.69) is 43.4 Å². The Labute approximate surface area is 181 Å². The standard InChI is InChI=1S/C25H36ClNO2/c1-4-6-7-8-9-10-15-27-18-22-16-24(28-5-2)25(17-23(22)26)29-19-21-13-11-20(3)12-14-21/h11-14,16-17,27H,4-10,15,18-19H2,1-3H3. The highest BCUT2D eigenvalue weighted by Gasteiger charge is 2.11. The fourth-order valence-corrected chi connectivity index (χ4v) is 3.41. The number of halogens is 1. The number of benzene rings is 2. The average Bonchev–Trinajstić information content (AvgIpc) is 2.72. The van der Waals surface area contributed by atoms with Crippen LogP contribution in [-0.2, 0) is 13.2 Å². The van der Waals surface area contributed by atoms with Gasteiger partial charge in [0.15, 0.2) is 11.5 Å². The van der Waals surface area contributed by atoms with Gasteiger partial charge in [0.05, 0.1) is 6.61 Å². The van der Waals surface area contributed by atoms with Crippen LogP contribution in [0.1, 0.15) is 69.1 Å². The van der Waals surface area contributed by atoms with Gasteiger partial charge in [0.2, 0.25) is 0 Å². The largest absolute Gasteiger partial charge is 0.490 e. The van der Waals surface area contributed by atoms with Gasteiger partial charge in [-0.05, 0) is 44.0 Å². The van der Waals surface area contributed by atoms with Gasteiger partial charge < -0.3 is 14.8 Å². The molecule has 0 atom stereocenters. The van der Waals surface area contributed by atoms with Gasteiger partial charge in [-0.15, -0.1) is 0 Å². The van der Waals surface area contributed by atoms with Crippen LogP contribution in [0.4, 0.5) is 0 Å². The van der Waals surface area contributed by atoms with E-state index in [1.165, 1.54) is 44.1 Å². The predicted octanol–water partition coefficient (Wildman–Crippen LogP) is 7.08. The average molecular weight is 418 g/mol. The van der Waals surface area contributed by atoms with E-state index in [-0.39, 0.29) is 0 Å². The van der Waals surface area contributed by atoms with Crippen LogP contribution >= 0.6 is 11.6 Å². The maximum atomic E-state index is 6.53. The van der Waals surface area contributed by atoms with Gasteiger partial charge >= 0.3 is 0 Å². The van der Waals surface area contributed by atoms with Crippen molar-refractivity contribution in [2.75, 3.05) is 13.2 Å². The summed E-state index contributed by atoms with van der Waals surface area (Å²) in [5, 5.41) is 4.22. The number of unbranched alkanes of at least 4 members (excludes halogenated alkanes) is 5. The quantitative estimate of drug-likeness (QED) is 0.333. The highest BCUT2D eigenvalue weighted by molar-refractivity contribution is 6.31. The van der Waals surface area contributed by atoms with Crippen LogP contribution in [0.3, 0.4) is 0 Å². The molecule has 0 aliphatic carbocycles. The first-order valence-electron chi connectivity index (χ1n) is 11.0. The van der Waals surface area contributed by atoms with E-state index in [0.29, 0.717) is 24.0 Å². The Morgan fingerprint density at radius 3 is 2.28 bits per heavy atom. The van der Waals surface area contributed by atoms with E-state index in [9.17, 15) is 0 Å². The zero-order valence-electron chi connectivity index (χ0n) is 18.2. The lowest BCUT2D eigenvalue weighted by Crippen LogP contribution is -2.15. The summed E-state index contributed by atoms with van der Waals surface area (Å²) in [6.07, 6.45) is 7.82. The van der Waals surface area contributed by atoms with Gasteiger partial charge in [0.1, 0.15) is 6.61 Å². The molecule has 0 aliphatic rings. The third kappa shape index (κ3) is 8.67. The molecule has 2 aromatic carbocycles. The van der Waals surface area contributed by atoms with E-state index in [4.69, 9.17) is 21.1 Å². The van der Waals surface area contributed by atoms with Crippen LogP contribution in [0.15, 0.2) is 36.4 Å². The van der Waals surface area contributed by atoms with Crippen molar-refractivity contribution in [2.24, 2.45) is 0 Å². The zero-order chi connectivity index (χ0) is 20.9. The van der Waals surface area contributed by atoms with Crippen LogP contribution in [0, 0.1) is 6.92 Å². The number of hydrogen-bond donors (Lipinski definition) is 1. The topological polar surface area (TPSA) is 30.5 Å². The van der Waals surface area contributed by atoms with Crippen LogP contribution < -0.4 is 14.8 Å². The molecule has 2 rings (SSSR count). The van der Waals surface area contributed by atoms with Crippen LogP contribution in [0.2, 0.25) is 5.02 Å².